The number of fused-ring (bicyclic) bond motifs is 1. The monoisotopic (exact) mass is 342 g/mol. The molecule has 3 aromatic carbocycles. The standard InChI is InChI=1S/C22H18N2O2/c1-3-7-16(8-4-1)19-14-20(24(23-19)18-9-5-2-6-10-18)17-11-12-21-22(13-17)26-15-25-21/h1-13,20H,14-15H2/t20-/m1/s1. The zero-order valence-corrected chi connectivity index (χ0v) is 14.2. The summed E-state index contributed by atoms with van der Waals surface area (Å²) in [6.07, 6.45) is 0.846. The Morgan fingerprint density at radius 3 is 2.35 bits per heavy atom. The number of hydrogen-bond acceptors (Lipinski definition) is 4. The van der Waals surface area contributed by atoms with Gasteiger partial charge in [0.25, 0.3) is 0 Å². The number of anilines is 1. The number of rotatable bonds is 3. The van der Waals surface area contributed by atoms with Crippen LogP contribution in [-0.2, 0) is 0 Å². The Labute approximate surface area is 152 Å². The fourth-order valence-electron chi connectivity index (χ4n) is 3.51. The van der Waals surface area contributed by atoms with Crippen LogP contribution >= 0.6 is 0 Å². The lowest BCUT2D eigenvalue weighted by atomic mass is 9.98. The molecule has 0 aliphatic carbocycles. The summed E-state index contributed by atoms with van der Waals surface area (Å²) in [5.74, 6) is 1.62. The van der Waals surface area contributed by atoms with Crippen LogP contribution in [0.5, 0.6) is 11.5 Å². The smallest absolute Gasteiger partial charge is 0.231 e. The molecule has 0 saturated heterocycles. The van der Waals surface area contributed by atoms with Crippen LogP contribution in [0.2, 0.25) is 0 Å². The van der Waals surface area contributed by atoms with E-state index in [1.807, 2.05) is 30.3 Å². The van der Waals surface area contributed by atoms with Crippen molar-refractivity contribution in [2.45, 2.75) is 12.5 Å². The lowest BCUT2D eigenvalue weighted by Gasteiger charge is -2.24. The van der Waals surface area contributed by atoms with Crippen LogP contribution in [0.3, 0.4) is 0 Å². The van der Waals surface area contributed by atoms with E-state index in [0.717, 1.165) is 34.9 Å². The van der Waals surface area contributed by atoms with Crippen LogP contribution in [0.15, 0.2) is 84.0 Å². The Bertz CT molecular complexity index is 954. The van der Waals surface area contributed by atoms with E-state index in [0.29, 0.717) is 0 Å². The Morgan fingerprint density at radius 1 is 0.808 bits per heavy atom. The molecule has 0 fully saturated rings. The van der Waals surface area contributed by atoms with Gasteiger partial charge in [0.1, 0.15) is 0 Å². The molecule has 0 amide bonds. The van der Waals surface area contributed by atoms with E-state index in [9.17, 15) is 0 Å². The highest BCUT2D eigenvalue weighted by Gasteiger charge is 2.31. The van der Waals surface area contributed by atoms with Crippen molar-refractivity contribution >= 4 is 11.4 Å². The van der Waals surface area contributed by atoms with Gasteiger partial charge in [-0.05, 0) is 35.4 Å². The van der Waals surface area contributed by atoms with E-state index in [1.54, 1.807) is 0 Å². The number of benzene rings is 3. The second-order valence-electron chi connectivity index (χ2n) is 6.43. The summed E-state index contributed by atoms with van der Waals surface area (Å²) in [5, 5.41) is 7.07. The van der Waals surface area contributed by atoms with E-state index in [1.165, 1.54) is 5.56 Å². The van der Waals surface area contributed by atoms with Crippen molar-refractivity contribution in [2.24, 2.45) is 5.10 Å². The summed E-state index contributed by atoms with van der Waals surface area (Å²) < 4.78 is 11.0. The maximum Gasteiger partial charge on any atom is 0.231 e. The summed E-state index contributed by atoms with van der Waals surface area (Å²) >= 11 is 0. The zero-order valence-electron chi connectivity index (χ0n) is 14.2. The molecule has 128 valence electrons. The van der Waals surface area contributed by atoms with E-state index < -0.39 is 0 Å². The Morgan fingerprint density at radius 2 is 1.54 bits per heavy atom. The summed E-state index contributed by atoms with van der Waals surface area (Å²) in [6, 6.07) is 27.0. The van der Waals surface area contributed by atoms with Gasteiger partial charge in [-0.15, -0.1) is 0 Å². The first-order chi connectivity index (χ1) is 12.9. The molecule has 2 aliphatic rings. The van der Waals surface area contributed by atoms with Gasteiger partial charge in [0.2, 0.25) is 6.79 Å². The molecule has 26 heavy (non-hydrogen) atoms. The van der Waals surface area contributed by atoms with Gasteiger partial charge in [0, 0.05) is 6.42 Å². The van der Waals surface area contributed by atoms with Crippen molar-refractivity contribution in [1.29, 1.82) is 0 Å². The van der Waals surface area contributed by atoms with Gasteiger partial charge in [-0.1, -0.05) is 54.6 Å². The minimum atomic E-state index is 0.127. The van der Waals surface area contributed by atoms with Gasteiger partial charge in [0.05, 0.1) is 17.4 Å². The lowest BCUT2D eigenvalue weighted by Crippen LogP contribution is -2.18. The number of hydrazone groups is 1. The van der Waals surface area contributed by atoms with Crippen LogP contribution in [0.4, 0.5) is 5.69 Å². The fraction of sp³-hybridized carbons (Fsp3) is 0.136. The first kappa shape index (κ1) is 15.0. The maximum absolute atomic E-state index is 5.57. The predicted octanol–water partition coefficient (Wildman–Crippen LogP) is 4.77. The molecule has 4 nitrogen and oxygen atoms in total. The van der Waals surface area contributed by atoms with Crippen molar-refractivity contribution in [2.75, 3.05) is 11.8 Å². The Kier molecular flexibility index (Phi) is 3.60. The maximum atomic E-state index is 5.57. The third-order valence-electron chi connectivity index (χ3n) is 4.82. The van der Waals surface area contributed by atoms with Crippen LogP contribution in [-0.4, -0.2) is 12.5 Å². The number of ether oxygens (including phenoxy) is 2. The molecule has 3 aromatic rings. The van der Waals surface area contributed by atoms with Gasteiger partial charge in [-0.2, -0.15) is 5.10 Å². The molecule has 1 atom stereocenters. The van der Waals surface area contributed by atoms with E-state index in [-0.39, 0.29) is 12.8 Å². The minimum Gasteiger partial charge on any atom is -0.454 e. The first-order valence-electron chi connectivity index (χ1n) is 8.75. The molecule has 0 spiro atoms. The molecule has 4 heteroatoms. The van der Waals surface area contributed by atoms with Crippen molar-refractivity contribution in [3.05, 3.63) is 90.0 Å². The van der Waals surface area contributed by atoms with E-state index in [4.69, 9.17) is 14.6 Å². The number of para-hydroxylation sites is 1. The van der Waals surface area contributed by atoms with E-state index in [2.05, 4.69) is 53.5 Å². The van der Waals surface area contributed by atoms with Gasteiger partial charge in [-0.25, -0.2) is 0 Å². The SMILES string of the molecule is c1ccc(C2=NN(c3ccccc3)[C@@H](c3ccc4c(c3)OCO4)C2)cc1. The summed E-state index contributed by atoms with van der Waals surface area (Å²) in [7, 11) is 0. The van der Waals surface area contributed by atoms with Crippen LogP contribution in [0, 0.1) is 0 Å². The third-order valence-corrected chi connectivity index (χ3v) is 4.82. The van der Waals surface area contributed by atoms with Crippen molar-refractivity contribution in [3.63, 3.8) is 0 Å². The molecule has 0 saturated carbocycles. The van der Waals surface area contributed by atoms with Gasteiger partial charge in [-0.3, -0.25) is 5.01 Å². The largest absolute Gasteiger partial charge is 0.454 e. The molecule has 0 bridgehead atoms. The minimum absolute atomic E-state index is 0.127. The second kappa shape index (κ2) is 6.23. The van der Waals surface area contributed by atoms with Crippen LogP contribution in [0.1, 0.15) is 23.6 Å². The van der Waals surface area contributed by atoms with Gasteiger partial charge in [0.15, 0.2) is 11.5 Å². The van der Waals surface area contributed by atoms with Crippen molar-refractivity contribution < 1.29 is 9.47 Å². The fourth-order valence-corrected chi connectivity index (χ4v) is 3.51. The molecular formula is C22H18N2O2. The predicted molar refractivity (Wildman–Crippen MR) is 102 cm³/mol. The zero-order chi connectivity index (χ0) is 17.3. The molecule has 0 unspecified atom stereocenters. The Balaban J connectivity index is 1.55. The first-order valence-corrected chi connectivity index (χ1v) is 8.75. The highest BCUT2D eigenvalue weighted by Crippen LogP contribution is 2.40. The number of hydrogen-bond donors (Lipinski definition) is 0. The summed E-state index contributed by atoms with van der Waals surface area (Å²) in [5.41, 5.74) is 4.52. The lowest BCUT2D eigenvalue weighted by molar-refractivity contribution is 0.174. The summed E-state index contributed by atoms with van der Waals surface area (Å²) in [4.78, 5) is 0. The molecular weight excluding hydrogens is 324 g/mol. The average molecular weight is 342 g/mol. The normalized spacial score (nSPS) is 18.1. The van der Waals surface area contributed by atoms with Crippen LogP contribution < -0.4 is 14.5 Å². The van der Waals surface area contributed by atoms with Crippen LogP contribution in [0.25, 0.3) is 0 Å². The van der Waals surface area contributed by atoms with E-state index >= 15 is 0 Å². The number of nitrogens with zero attached hydrogens (tertiary/aromatic N) is 2. The van der Waals surface area contributed by atoms with Crippen molar-refractivity contribution in [3.8, 4) is 11.5 Å². The molecule has 0 aromatic heterocycles. The van der Waals surface area contributed by atoms with Gasteiger partial charge >= 0.3 is 0 Å². The molecule has 2 aliphatic heterocycles. The molecule has 2 heterocycles. The second-order valence-corrected chi connectivity index (χ2v) is 6.43. The average Bonchev–Trinajstić information content (AvgIpc) is 3.36. The molecule has 0 radical (unpaired) electrons. The quantitative estimate of drug-likeness (QED) is 0.687. The Hall–Kier alpha value is -3.27. The third kappa shape index (κ3) is 2.60. The highest BCUT2D eigenvalue weighted by molar-refractivity contribution is 6.03. The van der Waals surface area contributed by atoms with Crippen molar-refractivity contribution in [1.82, 2.24) is 0 Å². The molecule has 0 N–H and O–H groups in total. The highest BCUT2D eigenvalue weighted by atomic mass is 16.7. The topological polar surface area (TPSA) is 34.1 Å². The molecule has 5 rings (SSSR count). The summed E-state index contributed by atoms with van der Waals surface area (Å²) in [6.45, 7) is 0.289. The van der Waals surface area contributed by atoms with Gasteiger partial charge < -0.3 is 9.47 Å².